The molecule has 19 heavy (non-hydrogen) atoms. The van der Waals surface area contributed by atoms with Crippen LogP contribution < -0.4 is 10.1 Å². The highest BCUT2D eigenvalue weighted by Gasteiger charge is 2.26. The summed E-state index contributed by atoms with van der Waals surface area (Å²) in [5, 5.41) is 3.61. The average Bonchev–Trinajstić information content (AvgIpc) is 2.45. The Hall–Kier alpha value is -1.09. The van der Waals surface area contributed by atoms with E-state index in [1.807, 2.05) is 6.07 Å². The fraction of sp³-hybridized carbons (Fsp3) is 0.625. The molecule has 1 aromatic rings. The molecule has 0 radical (unpaired) electrons. The van der Waals surface area contributed by atoms with E-state index in [0.717, 1.165) is 24.9 Å². The molecule has 0 saturated heterocycles. The summed E-state index contributed by atoms with van der Waals surface area (Å²) in [5.74, 6) is 0.512. The van der Waals surface area contributed by atoms with Crippen molar-refractivity contribution >= 4 is 0 Å². The van der Waals surface area contributed by atoms with Gasteiger partial charge in [-0.1, -0.05) is 25.8 Å². The van der Waals surface area contributed by atoms with Gasteiger partial charge in [-0.05, 0) is 49.4 Å². The first-order valence-electron chi connectivity index (χ1n) is 7.33. The molecule has 0 heterocycles. The minimum atomic E-state index is -0.250. The summed E-state index contributed by atoms with van der Waals surface area (Å²) >= 11 is 0. The van der Waals surface area contributed by atoms with Gasteiger partial charge in [0.1, 0.15) is 0 Å². The SMILES string of the molecule is CCCNC1CCCCC1c1ccc(OC)c(F)c1. The van der Waals surface area contributed by atoms with E-state index in [1.165, 1.54) is 26.4 Å². The monoisotopic (exact) mass is 265 g/mol. The predicted molar refractivity (Wildman–Crippen MR) is 76.2 cm³/mol. The van der Waals surface area contributed by atoms with Gasteiger partial charge in [-0.25, -0.2) is 4.39 Å². The number of ether oxygens (including phenoxy) is 1. The molecule has 2 unspecified atom stereocenters. The maximum absolute atomic E-state index is 13.8. The van der Waals surface area contributed by atoms with Gasteiger partial charge in [-0.3, -0.25) is 0 Å². The fourth-order valence-electron chi connectivity index (χ4n) is 3.02. The van der Waals surface area contributed by atoms with Gasteiger partial charge in [0.05, 0.1) is 7.11 Å². The van der Waals surface area contributed by atoms with Crippen LogP contribution in [-0.2, 0) is 0 Å². The molecule has 106 valence electrons. The van der Waals surface area contributed by atoms with Crippen molar-refractivity contribution in [2.45, 2.75) is 51.0 Å². The summed E-state index contributed by atoms with van der Waals surface area (Å²) in [6.45, 7) is 3.22. The molecule has 2 atom stereocenters. The van der Waals surface area contributed by atoms with Crippen molar-refractivity contribution in [3.8, 4) is 5.75 Å². The van der Waals surface area contributed by atoms with Crippen molar-refractivity contribution in [2.75, 3.05) is 13.7 Å². The molecule has 2 nitrogen and oxygen atoms in total. The standard InChI is InChI=1S/C16H24FNO/c1-3-10-18-15-7-5-4-6-13(15)12-8-9-16(19-2)14(17)11-12/h8-9,11,13,15,18H,3-7,10H2,1-2H3. The minimum absolute atomic E-state index is 0.250. The molecule has 0 amide bonds. The molecular weight excluding hydrogens is 241 g/mol. The van der Waals surface area contributed by atoms with Gasteiger partial charge in [0.2, 0.25) is 0 Å². The van der Waals surface area contributed by atoms with Crippen LogP contribution in [0, 0.1) is 5.82 Å². The molecule has 3 heteroatoms. The van der Waals surface area contributed by atoms with Gasteiger partial charge >= 0.3 is 0 Å². The van der Waals surface area contributed by atoms with E-state index in [4.69, 9.17) is 4.74 Å². The van der Waals surface area contributed by atoms with Crippen LogP contribution in [0.2, 0.25) is 0 Å². The average molecular weight is 265 g/mol. The number of benzene rings is 1. The van der Waals surface area contributed by atoms with Gasteiger partial charge in [0.15, 0.2) is 11.6 Å². The summed E-state index contributed by atoms with van der Waals surface area (Å²) in [5.41, 5.74) is 1.10. The zero-order chi connectivity index (χ0) is 13.7. The lowest BCUT2D eigenvalue weighted by Gasteiger charge is -2.33. The first-order valence-corrected chi connectivity index (χ1v) is 7.33. The third-order valence-electron chi connectivity index (χ3n) is 4.03. The quantitative estimate of drug-likeness (QED) is 0.873. The van der Waals surface area contributed by atoms with E-state index in [1.54, 1.807) is 12.1 Å². The number of methoxy groups -OCH3 is 1. The maximum Gasteiger partial charge on any atom is 0.165 e. The lowest BCUT2D eigenvalue weighted by molar-refractivity contribution is 0.326. The molecule has 0 aliphatic heterocycles. The lowest BCUT2D eigenvalue weighted by Crippen LogP contribution is -2.37. The summed E-state index contributed by atoms with van der Waals surface area (Å²) in [4.78, 5) is 0. The molecule has 0 spiro atoms. The van der Waals surface area contributed by atoms with Crippen molar-refractivity contribution in [2.24, 2.45) is 0 Å². The summed E-state index contributed by atoms with van der Waals surface area (Å²) in [6, 6.07) is 5.89. The second kappa shape index (κ2) is 6.90. The molecule has 1 aliphatic carbocycles. The molecule has 0 bridgehead atoms. The normalized spacial score (nSPS) is 23.3. The van der Waals surface area contributed by atoms with Crippen molar-refractivity contribution in [1.29, 1.82) is 0 Å². The Labute approximate surface area is 115 Å². The summed E-state index contributed by atoms with van der Waals surface area (Å²) in [6.07, 6.45) is 5.99. The minimum Gasteiger partial charge on any atom is -0.494 e. The van der Waals surface area contributed by atoms with Crippen molar-refractivity contribution in [3.05, 3.63) is 29.6 Å². The zero-order valence-electron chi connectivity index (χ0n) is 11.9. The van der Waals surface area contributed by atoms with Crippen LogP contribution in [0.4, 0.5) is 4.39 Å². The second-order valence-electron chi connectivity index (χ2n) is 5.35. The molecule has 1 aromatic carbocycles. The van der Waals surface area contributed by atoms with Gasteiger partial charge in [0, 0.05) is 6.04 Å². The summed E-state index contributed by atoms with van der Waals surface area (Å²) < 4.78 is 18.8. The van der Waals surface area contributed by atoms with Crippen LogP contribution in [0.1, 0.15) is 50.5 Å². The van der Waals surface area contributed by atoms with Crippen molar-refractivity contribution < 1.29 is 9.13 Å². The highest BCUT2D eigenvalue weighted by molar-refractivity contribution is 5.32. The Kier molecular flexibility index (Phi) is 5.20. The zero-order valence-corrected chi connectivity index (χ0v) is 11.9. The number of hydrogen-bond acceptors (Lipinski definition) is 2. The Morgan fingerprint density at radius 3 is 2.79 bits per heavy atom. The van der Waals surface area contributed by atoms with E-state index in [2.05, 4.69) is 12.2 Å². The lowest BCUT2D eigenvalue weighted by atomic mass is 9.80. The molecule has 1 aliphatic rings. The van der Waals surface area contributed by atoms with Crippen LogP contribution in [-0.4, -0.2) is 19.7 Å². The molecule has 2 rings (SSSR count). The predicted octanol–water partition coefficient (Wildman–Crippen LogP) is 3.86. The van der Waals surface area contributed by atoms with Crippen LogP contribution in [0.15, 0.2) is 18.2 Å². The third kappa shape index (κ3) is 3.47. The Morgan fingerprint density at radius 2 is 2.11 bits per heavy atom. The van der Waals surface area contributed by atoms with E-state index < -0.39 is 0 Å². The van der Waals surface area contributed by atoms with Gasteiger partial charge < -0.3 is 10.1 Å². The molecule has 1 saturated carbocycles. The topological polar surface area (TPSA) is 21.3 Å². The fourth-order valence-corrected chi connectivity index (χ4v) is 3.02. The Morgan fingerprint density at radius 1 is 1.32 bits per heavy atom. The smallest absolute Gasteiger partial charge is 0.165 e. The maximum atomic E-state index is 13.8. The largest absolute Gasteiger partial charge is 0.494 e. The number of halogens is 1. The molecule has 0 aromatic heterocycles. The highest BCUT2D eigenvalue weighted by Crippen LogP contribution is 2.34. The molecule has 1 fully saturated rings. The van der Waals surface area contributed by atoms with Crippen molar-refractivity contribution in [1.82, 2.24) is 5.32 Å². The first kappa shape index (κ1) is 14.3. The van der Waals surface area contributed by atoms with Crippen molar-refractivity contribution in [3.63, 3.8) is 0 Å². The van der Waals surface area contributed by atoms with Gasteiger partial charge in [0.25, 0.3) is 0 Å². The van der Waals surface area contributed by atoms with Crippen LogP contribution >= 0.6 is 0 Å². The Balaban J connectivity index is 2.14. The number of rotatable bonds is 5. The van der Waals surface area contributed by atoms with E-state index in [-0.39, 0.29) is 5.82 Å². The summed E-state index contributed by atoms with van der Waals surface area (Å²) in [7, 11) is 1.50. The van der Waals surface area contributed by atoms with E-state index >= 15 is 0 Å². The van der Waals surface area contributed by atoms with Gasteiger partial charge in [-0.2, -0.15) is 0 Å². The van der Waals surface area contributed by atoms with E-state index in [0.29, 0.717) is 17.7 Å². The third-order valence-corrected chi connectivity index (χ3v) is 4.03. The number of nitrogens with one attached hydrogen (secondary N) is 1. The van der Waals surface area contributed by atoms with Crippen LogP contribution in [0.3, 0.4) is 0 Å². The van der Waals surface area contributed by atoms with Gasteiger partial charge in [-0.15, -0.1) is 0 Å². The number of hydrogen-bond donors (Lipinski definition) is 1. The molecule has 1 N–H and O–H groups in total. The molecular formula is C16H24FNO. The van der Waals surface area contributed by atoms with Crippen LogP contribution in [0.25, 0.3) is 0 Å². The second-order valence-corrected chi connectivity index (χ2v) is 5.35. The van der Waals surface area contributed by atoms with Crippen LogP contribution in [0.5, 0.6) is 5.75 Å². The Bertz CT molecular complexity index is 408. The van der Waals surface area contributed by atoms with E-state index in [9.17, 15) is 4.39 Å². The first-order chi connectivity index (χ1) is 9.26. The highest BCUT2D eigenvalue weighted by atomic mass is 19.1.